The molecular weight excluding hydrogens is 181 g/mol. The van der Waals surface area contributed by atoms with Crippen LogP contribution in [0, 0.1) is 0 Å². The fraction of sp³-hybridized carbons (Fsp3) is 0.500. The summed E-state index contributed by atoms with van der Waals surface area (Å²) in [5.74, 6) is 0. The van der Waals surface area contributed by atoms with E-state index >= 15 is 0 Å². The molecule has 1 N–H and O–H groups in total. The minimum atomic E-state index is 0.655. The Morgan fingerprint density at radius 1 is 2.00 bits per heavy atom. The van der Waals surface area contributed by atoms with Gasteiger partial charge in [0.15, 0.2) is 0 Å². The second-order valence-corrected chi connectivity index (χ2v) is 2.16. The Morgan fingerprint density at radius 2 is 2.20 bits per heavy atom. The maximum absolute atomic E-state index is 7.72. The molecule has 0 bridgehead atoms. The van der Waals surface area contributed by atoms with Crippen molar-refractivity contribution in [3.8, 4) is 0 Å². The summed E-state index contributed by atoms with van der Waals surface area (Å²) in [6.45, 7) is 1.71. The van der Waals surface area contributed by atoms with E-state index in [1.54, 1.807) is 6.92 Å². The van der Waals surface area contributed by atoms with E-state index in [2.05, 4.69) is 5.16 Å². The van der Waals surface area contributed by atoms with Gasteiger partial charge in [-0.25, -0.2) is 0 Å². The van der Waals surface area contributed by atoms with Gasteiger partial charge < -0.3 is 5.21 Å². The van der Waals surface area contributed by atoms with Gasteiger partial charge in [0.05, 0.1) is 0 Å². The van der Waals surface area contributed by atoms with Crippen LogP contribution in [0.15, 0.2) is 5.16 Å². The van der Waals surface area contributed by atoms with Crippen LogP contribution in [-0.2, 0) is 0 Å². The monoisotopic (exact) mass is 185 g/mol. The first-order valence-electron chi connectivity index (χ1n) is 1.11. The molecule has 0 aromatic heterocycles. The van der Waals surface area contributed by atoms with Crippen LogP contribution in [-0.4, -0.2) is 8.93 Å². The van der Waals surface area contributed by atoms with Crippen molar-refractivity contribution in [3.05, 3.63) is 0 Å². The molecule has 0 amide bonds. The molecule has 0 atom stereocenters. The van der Waals surface area contributed by atoms with Crippen LogP contribution < -0.4 is 0 Å². The summed E-state index contributed by atoms with van der Waals surface area (Å²) in [6.07, 6.45) is 0. The highest BCUT2D eigenvalue weighted by Gasteiger charge is 1.68. The fourth-order valence-corrected chi connectivity index (χ4v) is 0. The minimum absolute atomic E-state index is 0.655. The van der Waals surface area contributed by atoms with Gasteiger partial charge in [-0.3, -0.25) is 0 Å². The van der Waals surface area contributed by atoms with E-state index in [-0.39, 0.29) is 0 Å². The van der Waals surface area contributed by atoms with Gasteiger partial charge in [-0.15, -0.1) is 0 Å². The van der Waals surface area contributed by atoms with E-state index in [9.17, 15) is 0 Å². The van der Waals surface area contributed by atoms with E-state index in [0.29, 0.717) is 3.72 Å². The van der Waals surface area contributed by atoms with Crippen LogP contribution in [0.1, 0.15) is 6.92 Å². The van der Waals surface area contributed by atoms with E-state index in [1.165, 1.54) is 0 Å². The third-order valence-corrected chi connectivity index (χ3v) is 0.354. The molecule has 0 saturated carbocycles. The van der Waals surface area contributed by atoms with Crippen molar-refractivity contribution in [3.63, 3.8) is 0 Å². The molecule has 0 aromatic rings. The van der Waals surface area contributed by atoms with Crippen molar-refractivity contribution in [1.29, 1.82) is 0 Å². The van der Waals surface area contributed by atoms with Crippen molar-refractivity contribution in [2.75, 3.05) is 0 Å². The second-order valence-electron chi connectivity index (χ2n) is 0.597. The second kappa shape index (κ2) is 2.44. The van der Waals surface area contributed by atoms with Gasteiger partial charge in [-0.05, 0) is 29.5 Å². The maximum Gasteiger partial charge on any atom is 0.114 e. The third kappa shape index (κ3) is 4.20. The molecular formula is C2H4INO. The smallest absolute Gasteiger partial charge is 0.114 e. The summed E-state index contributed by atoms with van der Waals surface area (Å²) in [7, 11) is 0. The highest BCUT2D eigenvalue weighted by atomic mass is 127. The predicted molar refractivity (Wildman–Crippen MR) is 28.9 cm³/mol. The summed E-state index contributed by atoms with van der Waals surface area (Å²) in [4.78, 5) is 0. The van der Waals surface area contributed by atoms with Gasteiger partial charge in [0.25, 0.3) is 0 Å². The zero-order valence-corrected chi connectivity index (χ0v) is 4.93. The number of nitrogens with zero attached hydrogens (tertiary/aromatic N) is 1. The predicted octanol–water partition coefficient (Wildman–Crippen LogP) is 1.23. The molecule has 0 aliphatic carbocycles. The largest absolute Gasteiger partial charge is 0.410 e. The van der Waals surface area contributed by atoms with Crippen LogP contribution in [0.2, 0.25) is 0 Å². The molecule has 0 spiro atoms. The Bertz CT molecular complexity index is 47.6. The lowest BCUT2D eigenvalue weighted by Crippen LogP contribution is -1.67. The van der Waals surface area contributed by atoms with Crippen LogP contribution >= 0.6 is 22.6 Å². The Morgan fingerprint density at radius 3 is 2.20 bits per heavy atom. The minimum Gasteiger partial charge on any atom is -0.410 e. The number of halogens is 1. The topological polar surface area (TPSA) is 32.6 Å². The van der Waals surface area contributed by atoms with Crippen molar-refractivity contribution >= 4 is 26.3 Å². The lowest BCUT2D eigenvalue weighted by atomic mass is 10.9. The number of oxime groups is 1. The third-order valence-electron chi connectivity index (χ3n) is 0.138. The van der Waals surface area contributed by atoms with Crippen molar-refractivity contribution in [2.24, 2.45) is 5.16 Å². The molecule has 0 unspecified atom stereocenters. The van der Waals surface area contributed by atoms with Crippen LogP contribution in [0.3, 0.4) is 0 Å². The van der Waals surface area contributed by atoms with Gasteiger partial charge >= 0.3 is 0 Å². The molecule has 0 aromatic carbocycles. The van der Waals surface area contributed by atoms with Gasteiger partial charge in [0, 0.05) is 0 Å². The first-order valence-corrected chi connectivity index (χ1v) is 2.19. The molecule has 30 valence electrons. The summed E-state index contributed by atoms with van der Waals surface area (Å²) in [6, 6.07) is 0. The van der Waals surface area contributed by atoms with Gasteiger partial charge in [0.1, 0.15) is 3.72 Å². The summed E-state index contributed by atoms with van der Waals surface area (Å²) in [5.41, 5.74) is 0. The standard InChI is InChI=1S/C2H4INO/c1-2(3)4-5/h5H,1H3/b4-2+. The number of hydrogen-bond donors (Lipinski definition) is 1. The summed E-state index contributed by atoms with van der Waals surface area (Å²) < 4.78 is 0.655. The van der Waals surface area contributed by atoms with Crippen LogP contribution in [0.5, 0.6) is 0 Å². The van der Waals surface area contributed by atoms with Gasteiger partial charge in [-0.1, -0.05) is 5.16 Å². The van der Waals surface area contributed by atoms with Crippen molar-refractivity contribution in [2.45, 2.75) is 6.92 Å². The molecule has 0 saturated heterocycles. The average molecular weight is 185 g/mol. The van der Waals surface area contributed by atoms with Crippen LogP contribution in [0.4, 0.5) is 0 Å². The first kappa shape index (κ1) is 5.20. The van der Waals surface area contributed by atoms with Gasteiger partial charge in [-0.2, -0.15) is 0 Å². The van der Waals surface area contributed by atoms with E-state index in [1.807, 2.05) is 22.6 Å². The van der Waals surface area contributed by atoms with E-state index in [4.69, 9.17) is 5.21 Å². The Balaban J connectivity index is 3.14. The molecule has 0 heterocycles. The number of rotatable bonds is 0. The van der Waals surface area contributed by atoms with Crippen LogP contribution in [0.25, 0.3) is 0 Å². The zero-order chi connectivity index (χ0) is 4.28. The first-order chi connectivity index (χ1) is 2.27. The molecule has 2 nitrogen and oxygen atoms in total. The molecule has 0 aliphatic heterocycles. The molecule has 5 heavy (non-hydrogen) atoms. The lowest BCUT2D eigenvalue weighted by molar-refractivity contribution is 0.321. The van der Waals surface area contributed by atoms with Crippen molar-refractivity contribution < 1.29 is 5.21 Å². The van der Waals surface area contributed by atoms with Crippen molar-refractivity contribution in [1.82, 2.24) is 0 Å². The molecule has 0 aliphatic rings. The Kier molecular flexibility index (Phi) is 2.54. The highest BCUT2D eigenvalue weighted by molar-refractivity contribution is 14.1. The lowest BCUT2D eigenvalue weighted by Gasteiger charge is -1.69. The molecule has 0 rings (SSSR count). The molecule has 3 heteroatoms. The highest BCUT2D eigenvalue weighted by Crippen LogP contribution is 1.82. The fourth-order valence-electron chi connectivity index (χ4n) is 0. The van der Waals surface area contributed by atoms with E-state index in [0.717, 1.165) is 0 Å². The summed E-state index contributed by atoms with van der Waals surface area (Å²) >= 11 is 1.91. The maximum atomic E-state index is 7.72. The summed E-state index contributed by atoms with van der Waals surface area (Å²) in [5, 5.41) is 10.5. The Labute approximate surface area is 44.0 Å². The molecule has 0 fully saturated rings. The SMILES string of the molecule is C/C(I)=N\O. The molecule has 0 radical (unpaired) electrons. The number of hydrogen-bond acceptors (Lipinski definition) is 2. The normalized spacial score (nSPS) is 12.0. The Hall–Kier alpha value is 0.200. The quantitative estimate of drug-likeness (QED) is 0.261. The average Bonchev–Trinajstić information content (AvgIpc) is 1.38. The zero-order valence-electron chi connectivity index (χ0n) is 2.77. The van der Waals surface area contributed by atoms with E-state index < -0.39 is 0 Å². The van der Waals surface area contributed by atoms with Gasteiger partial charge in [0.2, 0.25) is 0 Å².